The van der Waals surface area contributed by atoms with Gasteiger partial charge >= 0.3 is 16.5 Å². The molecule has 0 N–H and O–H groups in total. The molecule has 0 fully saturated rings. The Balaban J connectivity index is 1.77. The molecular weight excluding hydrogens is 379 g/mol. The summed E-state index contributed by atoms with van der Waals surface area (Å²) in [6.45, 7) is 0. The molecule has 2 aromatic heterocycles. The standard InChI is InChI=1S/C27H17N2.Al/c1-29-24-15-18-8-3-2-7-17(18)14-22(24)20-12-13-23-25(27(20)29)21-11-10-16-6-4-5-9-19(16)26(21)28-23;/h2-15H,1H3;/q-1;+1. The Hall–Kier alpha value is -3.25. The lowest BCUT2D eigenvalue weighted by molar-refractivity contribution is 1.02. The maximum Gasteiger partial charge on any atom is 0.318 e. The van der Waals surface area contributed by atoms with Gasteiger partial charge in [0.2, 0.25) is 0 Å². The van der Waals surface area contributed by atoms with E-state index in [1.54, 1.807) is 0 Å². The minimum Gasteiger partial charge on any atom is -0.451 e. The summed E-state index contributed by atoms with van der Waals surface area (Å²) in [5.74, 6) is 0. The van der Waals surface area contributed by atoms with Crippen molar-refractivity contribution >= 4 is 81.7 Å². The first kappa shape index (κ1) is 16.5. The summed E-state index contributed by atoms with van der Waals surface area (Å²) in [5, 5.41) is 10.4. The highest BCUT2D eigenvalue weighted by atomic mass is 27.1. The number of aromatic nitrogens is 2. The largest absolute Gasteiger partial charge is 0.451 e. The van der Waals surface area contributed by atoms with Gasteiger partial charge in [0.05, 0.1) is 5.52 Å². The third-order valence-corrected chi connectivity index (χ3v) is 7.21. The van der Waals surface area contributed by atoms with E-state index in [1.807, 2.05) is 0 Å². The van der Waals surface area contributed by atoms with Crippen LogP contribution in [-0.4, -0.2) is 24.6 Å². The minimum absolute atomic E-state index is 1.24. The summed E-state index contributed by atoms with van der Waals surface area (Å²) in [6.07, 6.45) is 0. The average molecular weight is 396 g/mol. The molecule has 2 radical (unpaired) electrons. The predicted molar refractivity (Wildman–Crippen MR) is 130 cm³/mol. The normalized spacial score (nSPS) is 12.3. The zero-order valence-electron chi connectivity index (χ0n) is 16.6. The third-order valence-electron chi connectivity index (χ3n) is 6.68. The van der Waals surface area contributed by atoms with Crippen molar-refractivity contribution in [2.24, 2.45) is 7.05 Å². The molecule has 0 aliphatic carbocycles. The van der Waals surface area contributed by atoms with Crippen molar-refractivity contribution in [1.29, 1.82) is 0 Å². The van der Waals surface area contributed by atoms with Crippen LogP contribution < -0.4 is 0 Å². The van der Waals surface area contributed by atoms with Crippen molar-refractivity contribution in [2.45, 2.75) is 0 Å². The fraction of sp³-hybridized carbons (Fsp3) is 0.0370. The highest BCUT2D eigenvalue weighted by Crippen LogP contribution is 2.41. The number of hydrogen-bond acceptors (Lipinski definition) is 0. The Bertz CT molecular complexity index is 1820. The molecule has 2 nitrogen and oxygen atoms in total. The van der Waals surface area contributed by atoms with E-state index in [4.69, 9.17) is 0 Å². The van der Waals surface area contributed by atoms with Gasteiger partial charge in [-0.15, -0.1) is 0 Å². The van der Waals surface area contributed by atoms with Gasteiger partial charge < -0.3 is 8.12 Å². The predicted octanol–water partition coefficient (Wildman–Crippen LogP) is 6.68. The maximum atomic E-state index is 2.94. The van der Waals surface area contributed by atoms with Crippen LogP contribution in [0.3, 0.4) is 0 Å². The van der Waals surface area contributed by atoms with Crippen LogP contribution in [0.25, 0.3) is 65.2 Å². The molecule has 7 aromatic rings. The summed E-state index contributed by atoms with van der Waals surface area (Å²) in [4.78, 5) is 0. The van der Waals surface area contributed by atoms with Crippen LogP contribution in [0.1, 0.15) is 0 Å². The summed E-state index contributed by atoms with van der Waals surface area (Å²) in [7, 11) is 2.20. The van der Waals surface area contributed by atoms with Gasteiger partial charge in [0, 0.05) is 50.5 Å². The lowest BCUT2D eigenvalue weighted by Crippen LogP contribution is -1.91. The molecule has 0 aliphatic rings. The SMILES string of the molecule is Cn1c2cc3ccccc3cc2c2ccc3c(c4ccc5ccccc5c4[n]3[Al])c21. The van der Waals surface area contributed by atoms with E-state index >= 15 is 0 Å². The summed E-state index contributed by atoms with van der Waals surface area (Å²) in [6, 6.07) is 31.0. The first-order chi connectivity index (χ1) is 14.7. The van der Waals surface area contributed by atoms with Crippen LogP contribution in [0.15, 0.2) is 84.9 Å². The molecule has 3 heteroatoms. The van der Waals surface area contributed by atoms with Crippen molar-refractivity contribution < 1.29 is 0 Å². The van der Waals surface area contributed by atoms with Crippen molar-refractivity contribution in [1.82, 2.24) is 8.12 Å². The highest BCUT2D eigenvalue weighted by Gasteiger charge is 2.17. The molecule has 5 aromatic carbocycles. The van der Waals surface area contributed by atoms with Gasteiger partial charge in [-0.25, -0.2) is 0 Å². The smallest absolute Gasteiger partial charge is 0.318 e. The van der Waals surface area contributed by atoms with E-state index in [0.717, 1.165) is 0 Å². The van der Waals surface area contributed by atoms with E-state index in [1.165, 1.54) is 65.2 Å². The second-order valence-electron chi connectivity index (χ2n) is 8.18. The van der Waals surface area contributed by atoms with Crippen LogP contribution in [-0.2, 0) is 7.05 Å². The molecule has 2 heterocycles. The Morgan fingerprint density at radius 2 is 1.27 bits per heavy atom. The van der Waals surface area contributed by atoms with Gasteiger partial charge in [-0.05, 0) is 34.4 Å². The van der Waals surface area contributed by atoms with Crippen molar-refractivity contribution in [3.63, 3.8) is 0 Å². The number of nitrogens with zero attached hydrogens (tertiary/aromatic N) is 2. The van der Waals surface area contributed by atoms with Crippen LogP contribution in [0.2, 0.25) is 0 Å². The molecule has 0 unspecified atom stereocenters. The van der Waals surface area contributed by atoms with E-state index in [2.05, 4.69) is 117 Å². The van der Waals surface area contributed by atoms with Crippen molar-refractivity contribution in [2.75, 3.05) is 0 Å². The van der Waals surface area contributed by atoms with Gasteiger partial charge in [-0.3, -0.25) is 0 Å². The van der Waals surface area contributed by atoms with Gasteiger partial charge in [-0.2, -0.15) is 0 Å². The zero-order valence-corrected chi connectivity index (χ0v) is 17.7. The van der Waals surface area contributed by atoms with Gasteiger partial charge in [0.25, 0.3) is 0 Å². The maximum absolute atomic E-state index is 2.94. The highest BCUT2D eigenvalue weighted by molar-refractivity contribution is 6.33. The second-order valence-corrected chi connectivity index (χ2v) is 8.70. The zero-order chi connectivity index (χ0) is 20.0. The molecule has 0 saturated carbocycles. The second kappa shape index (κ2) is 5.67. The first-order valence-corrected chi connectivity index (χ1v) is 10.7. The first-order valence-electron chi connectivity index (χ1n) is 10.2. The van der Waals surface area contributed by atoms with Crippen molar-refractivity contribution in [3.8, 4) is 0 Å². The van der Waals surface area contributed by atoms with Crippen LogP contribution in [0.5, 0.6) is 0 Å². The Morgan fingerprint density at radius 1 is 0.567 bits per heavy atom. The lowest BCUT2D eigenvalue weighted by Gasteiger charge is -2.04. The van der Waals surface area contributed by atoms with E-state index in [9.17, 15) is 0 Å². The number of rotatable bonds is 0. The molecular formula is C27H17AlN2. The monoisotopic (exact) mass is 396 g/mol. The van der Waals surface area contributed by atoms with Crippen molar-refractivity contribution in [3.05, 3.63) is 84.9 Å². The van der Waals surface area contributed by atoms with Crippen LogP contribution in [0.4, 0.5) is 0 Å². The van der Waals surface area contributed by atoms with Gasteiger partial charge in [-0.1, -0.05) is 66.7 Å². The third kappa shape index (κ3) is 1.94. The van der Waals surface area contributed by atoms with Gasteiger partial charge in [0.15, 0.2) is 0 Å². The molecule has 0 aliphatic heterocycles. The topological polar surface area (TPSA) is 9.86 Å². The van der Waals surface area contributed by atoms with E-state index < -0.39 is 0 Å². The summed E-state index contributed by atoms with van der Waals surface area (Å²) in [5.41, 5.74) is 5.10. The molecule has 7 rings (SSSR count). The lowest BCUT2D eigenvalue weighted by atomic mass is 10.0. The van der Waals surface area contributed by atoms with Crippen LogP contribution >= 0.6 is 0 Å². The minimum atomic E-state index is 1.24. The number of fused-ring (bicyclic) bond motifs is 10. The number of hydrogen-bond donors (Lipinski definition) is 0. The Morgan fingerprint density at radius 3 is 2.10 bits per heavy atom. The molecule has 0 spiro atoms. The number of benzene rings is 5. The molecule has 0 saturated heterocycles. The fourth-order valence-electron chi connectivity index (χ4n) is 5.29. The summed E-state index contributed by atoms with van der Waals surface area (Å²) >= 11 is 2.94. The fourth-order valence-corrected chi connectivity index (χ4v) is 5.78. The Kier molecular flexibility index (Phi) is 3.13. The number of aryl methyl sites for hydroxylation is 1. The quantitative estimate of drug-likeness (QED) is 0.253. The van der Waals surface area contributed by atoms with Crippen LogP contribution in [0, 0.1) is 0 Å². The summed E-state index contributed by atoms with van der Waals surface area (Å²) < 4.78 is 4.65. The molecule has 30 heavy (non-hydrogen) atoms. The molecule has 138 valence electrons. The molecule has 0 atom stereocenters. The average Bonchev–Trinajstić information content (AvgIpc) is 3.24. The molecule has 0 bridgehead atoms. The van der Waals surface area contributed by atoms with E-state index in [0.29, 0.717) is 0 Å². The van der Waals surface area contributed by atoms with E-state index in [-0.39, 0.29) is 0 Å². The Labute approximate surface area is 181 Å². The van der Waals surface area contributed by atoms with Gasteiger partial charge in [0.1, 0.15) is 0 Å². The molecule has 0 amide bonds.